The zero-order chi connectivity index (χ0) is 18.3. The second-order valence-electron chi connectivity index (χ2n) is 6.72. The number of hydrogen-bond donors (Lipinski definition) is 1. The standard InChI is InChI=1S/C19H17FN4O2/c1-2-12-3-4-14-15(7-12)19(5-6-19)11-24(17(14)26)10-16(25)23-18-21-8-13(20)9-22-18/h2-4,7-9H,1,5-6,10-11H2,(H,21,22,23,25). The van der Waals surface area contributed by atoms with Crippen LogP contribution in [0.3, 0.4) is 0 Å². The van der Waals surface area contributed by atoms with Crippen LogP contribution in [0.25, 0.3) is 6.08 Å². The molecule has 4 rings (SSSR count). The summed E-state index contributed by atoms with van der Waals surface area (Å²) >= 11 is 0. The van der Waals surface area contributed by atoms with E-state index in [1.54, 1.807) is 11.0 Å². The van der Waals surface area contributed by atoms with Crippen molar-refractivity contribution in [2.24, 2.45) is 0 Å². The predicted molar refractivity (Wildman–Crippen MR) is 94.0 cm³/mol. The Balaban J connectivity index is 1.53. The fourth-order valence-electron chi connectivity index (χ4n) is 3.43. The van der Waals surface area contributed by atoms with Crippen LogP contribution in [0.2, 0.25) is 0 Å². The molecule has 132 valence electrons. The van der Waals surface area contributed by atoms with E-state index in [2.05, 4.69) is 21.9 Å². The van der Waals surface area contributed by atoms with Gasteiger partial charge in [-0.25, -0.2) is 14.4 Å². The highest BCUT2D eigenvalue weighted by Gasteiger charge is 2.51. The van der Waals surface area contributed by atoms with E-state index < -0.39 is 11.7 Å². The molecule has 1 fully saturated rings. The highest BCUT2D eigenvalue weighted by atomic mass is 19.1. The van der Waals surface area contributed by atoms with Crippen LogP contribution < -0.4 is 5.32 Å². The van der Waals surface area contributed by atoms with Crippen molar-refractivity contribution in [3.05, 3.63) is 59.7 Å². The quantitative estimate of drug-likeness (QED) is 0.917. The molecule has 1 aromatic heterocycles. The Labute approximate surface area is 149 Å². The molecule has 6 nitrogen and oxygen atoms in total. The van der Waals surface area contributed by atoms with Gasteiger partial charge in [-0.1, -0.05) is 24.8 Å². The summed E-state index contributed by atoms with van der Waals surface area (Å²) in [6.45, 7) is 4.20. The summed E-state index contributed by atoms with van der Waals surface area (Å²) < 4.78 is 12.8. The first kappa shape index (κ1) is 16.4. The van der Waals surface area contributed by atoms with Crippen LogP contribution in [0.15, 0.2) is 37.2 Å². The largest absolute Gasteiger partial charge is 0.328 e. The van der Waals surface area contributed by atoms with Gasteiger partial charge < -0.3 is 4.90 Å². The van der Waals surface area contributed by atoms with Gasteiger partial charge in [0.25, 0.3) is 5.91 Å². The first-order chi connectivity index (χ1) is 12.5. The SMILES string of the molecule is C=Cc1ccc2c(c1)C1(CC1)CN(CC(=O)Nc1ncc(F)cn1)C2=O. The first-order valence-corrected chi connectivity index (χ1v) is 8.34. The van der Waals surface area contributed by atoms with Gasteiger partial charge in [0, 0.05) is 17.5 Å². The van der Waals surface area contributed by atoms with E-state index in [1.807, 2.05) is 18.2 Å². The molecule has 1 saturated carbocycles. The number of hydrogen-bond acceptors (Lipinski definition) is 4. The third kappa shape index (κ3) is 2.85. The molecule has 0 unspecified atom stereocenters. The molecule has 2 amide bonds. The molecule has 2 aromatic rings. The molecule has 0 saturated heterocycles. The molecule has 1 aliphatic heterocycles. The van der Waals surface area contributed by atoms with Gasteiger partial charge in [-0.05, 0) is 30.0 Å². The molecule has 2 aliphatic rings. The van der Waals surface area contributed by atoms with Crippen LogP contribution in [-0.4, -0.2) is 39.8 Å². The summed E-state index contributed by atoms with van der Waals surface area (Å²) in [5.74, 6) is -1.14. The second kappa shape index (κ2) is 6.01. The van der Waals surface area contributed by atoms with Crippen LogP contribution in [0.5, 0.6) is 0 Å². The number of anilines is 1. The molecule has 1 spiro atoms. The maximum Gasteiger partial charge on any atom is 0.254 e. The molecule has 1 aliphatic carbocycles. The van der Waals surface area contributed by atoms with Crippen LogP contribution in [0.1, 0.15) is 34.3 Å². The van der Waals surface area contributed by atoms with Crippen LogP contribution in [-0.2, 0) is 10.2 Å². The number of amides is 2. The highest BCUT2D eigenvalue weighted by molar-refractivity contribution is 6.01. The number of benzene rings is 1. The topological polar surface area (TPSA) is 75.2 Å². The van der Waals surface area contributed by atoms with Gasteiger partial charge in [0.05, 0.1) is 12.4 Å². The molecule has 0 bridgehead atoms. The normalized spacial score (nSPS) is 17.0. The first-order valence-electron chi connectivity index (χ1n) is 8.34. The van der Waals surface area contributed by atoms with Crippen molar-refractivity contribution in [2.75, 3.05) is 18.4 Å². The van der Waals surface area contributed by atoms with Gasteiger partial charge in [-0.2, -0.15) is 0 Å². The van der Waals surface area contributed by atoms with Crippen LogP contribution >= 0.6 is 0 Å². The van der Waals surface area contributed by atoms with Gasteiger partial charge in [0.2, 0.25) is 11.9 Å². The van der Waals surface area contributed by atoms with Gasteiger partial charge in [0.15, 0.2) is 5.82 Å². The molecular formula is C19H17FN4O2. The Kier molecular flexibility index (Phi) is 3.79. The average molecular weight is 352 g/mol. The lowest BCUT2D eigenvalue weighted by Gasteiger charge is -2.34. The zero-order valence-corrected chi connectivity index (χ0v) is 14.0. The fraction of sp³-hybridized carbons (Fsp3) is 0.263. The molecule has 26 heavy (non-hydrogen) atoms. The summed E-state index contributed by atoms with van der Waals surface area (Å²) in [5, 5.41) is 2.49. The number of carbonyl (C=O) groups is 2. The van der Waals surface area contributed by atoms with Crippen LogP contribution in [0, 0.1) is 5.82 Å². The minimum absolute atomic E-state index is 0.0121. The Morgan fingerprint density at radius 3 is 2.73 bits per heavy atom. The van der Waals surface area contributed by atoms with E-state index in [4.69, 9.17) is 0 Å². The lowest BCUT2D eigenvalue weighted by Crippen LogP contribution is -2.46. The summed E-state index contributed by atoms with van der Waals surface area (Å²) in [5.41, 5.74) is 2.63. The number of nitrogens with zero attached hydrogens (tertiary/aromatic N) is 3. The van der Waals surface area contributed by atoms with Gasteiger partial charge in [-0.3, -0.25) is 14.9 Å². The molecule has 0 atom stereocenters. The molecule has 1 aromatic carbocycles. The minimum atomic E-state index is -0.583. The summed E-state index contributed by atoms with van der Waals surface area (Å²) in [6.07, 6.45) is 5.70. The van der Waals surface area contributed by atoms with E-state index in [0.29, 0.717) is 12.1 Å². The second-order valence-corrected chi connectivity index (χ2v) is 6.72. The van der Waals surface area contributed by atoms with Crippen molar-refractivity contribution in [3.8, 4) is 0 Å². The Morgan fingerprint density at radius 2 is 2.08 bits per heavy atom. The third-order valence-electron chi connectivity index (χ3n) is 4.92. The summed E-state index contributed by atoms with van der Waals surface area (Å²) in [7, 11) is 0. The number of halogens is 1. The lowest BCUT2D eigenvalue weighted by atomic mass is 9.85. The monoisotopic (exact) mass is 352 g/mol. The van der Waals surface area contributed by atoms with Crippen molar-refractivity contribution in [1.29, 1.82) is 0 Å². The number of carbonyl (C=O) groups excluding carboxylic acids is 2. The molecule has 7 heteroatoms. The van der Waals surface area contributed by atoms with Crippen LogP contribution in [0.4, 0.5) is 10.3 Å². The Morgan fingerprint density at radius 1 is 1.35 bits per heavy atom. The van der Waals surface area contributed by atoms with E-state index in [9.17, 15) is 14.0 Å². The number of rotatable bonds is 4. The fourth-order valence-corrected chi connectivity index (χ4v) is 3.43. The maximum atomic E-state index is 12.8. The van der Waals surface area contributed by atoms with E-state index >= 15 is 0 Å². The minimum Gasteiger partial charge on any atom is -0.328 e. The van der Waals surface area contributed by atoms with Crippen molar-refractivity contribution in [2.45, 2.75) is 18.3 Å². The van der Waals surface area contributed by atoms with Crippen molar-refractivity contribution in [3.63, 3.8) is 0 Å². The predicted octanol–water partition coefficient (Wildman–Crippen LogP) is 2.38. The van der Waals surface area contributed by atoms with E-state index in [-0.39, 0.29) is 23.8 Å². The zero-order valence-electron chi connectivity index (χ0n) is 14.0. The third-order valence-corrected chi connectivity index (χ3v) is 4.92. The van der Waals surface area contributed by atoms with Crippen molar-refractivity contribution in [1.82, 2.24) is 14.9 Å². The van der Waals surface area contributed by atoms with E-state index in [0.717, 1.165) is 36.4 Å². The van der Waals surface area contributed by atoms with Crippen molar-refractivity contribution < 1.29 is 14.0 Å². The van der Waals surface area contributed by atoms with Gasteiger partial charge >= 0.3 is 0 Å². The highest BCUT2D eigenvalue weighted by Crippen LogP contribution is 2.52. The number of aromatic nitrogens is 2. The lowest BCUT2D eigenvalue weighted by molar-refractivity contribution is -0.117. The summed E-state index contributed by atoms with van der Waals surface area (Å²) in [6, 6.07) is 5.69. The molecule has 1 N–H and O–H groups in total. The average Bonchev–Trinajstić information content (AvgIpc) is 3.41. The molecule has 2 heterocycles. The number of nitrogens with one attached hydrogen (secondary N) is 1. The smallest absolute Gasteiger partial charge is 0.254 e. The van der Waals surface area contributed by atoms with Crippen molar-refractivity contribution >= 4 is 23.8 Å². The summed E-state index contributed by atoms with van der Waals surface area (Å²) in [4.78, 5) is 34.0. The number of fused-ring (bicyclic) bond motifs is 2. The van der Waals surface area contributed by atoms with Gasteiger partial charge in [-0.15, -0.1) is 0 Å². The molecule has 0 radical (unpaired) electrons. The maximum absolute atomic E-state index is 12.8. The Bertz CT molecular complexity index is 906. The van der Waals surface area contributed by atoms with Gasteiger partial charge in [0.1, 0.15) is 6.54 Å². The van der Waals surface area contributed by atoms with E-state index in [1.165, 1.54) is 0 Å². The molecular weight excluding hydrogens is 335 g/mol. The Hall–Kier alpha value is -3.09.